The van der Waals surface area contributed by atoms with Gasteiger partial charge in [0.05, 0.1) is 23.7 Å². The molecule has 0 fully saturated rings. The van der Waals surface area contributed by atoms with E-state index in [0.717, 1.165) is 34.8 Å². The summed E-state index contributed by atoms with van der Waals surface area (Å²) < 4.78 is 7.62. The number of fused-ring (bicyclic) bond motifs is 1. The molecule has 1 aromatic heterocycles. The van der Waals surface area contributed by atoms with Gasteiger partial charge in [0.25, 0.3) is 0 Å². The number of ether oxygens (including phenoxy) is 1. The first-order valence-corrected chi connectivity index (χ1v) is 8.28. The average molecular weight is 325 g/mol. The predicted molar refractivity (Wildman–Crippen MR) is 96.5 cm³/mol. The van der Waals surface area contributed by atoms with Crippen LogP contribution >= 0.6 is 0 Å². The molecule has 1 atom stereocenters. The molecule has 0 aliphatic rings. The van der Waals surface area contributed by atoms with Gasteiger partial charge < -0.3 is 19.7 Å². The largest absolute Gasteiger partial charge is 0.491 e. The van der Waals surface area contributed by atoms with Crippen molar-refractivity contribution >= 4 is 16.7 Å². The number of anilines is 1. The quantitative estimate of drug-likeness (QED) is 0.697. The Labute approximate surface area is 141 Å². The Kier molecular flexibility index (Phi) is 5.01. The highest BCUT2D eigenvalue weighted by molar-refractivity contribution is 5.76. The van der Waals surface area contributed by atoms with Crippen molar-refractivity contribution in [3.63, 3.8) is 0 Å². The molecular weight excluding hydrogens is 302 g/mol. The Morgan fingerprint density at radius 2 is 1.92 bits per heavy atom. The van der Waals surface area contributed by atoms with Gasteiger partial charge >= 0.3 is 0 Å². The van der Waals surface area contributed by atoms with Crippen LogP contribution in [0.15, 0.2) is 48.5 Å². The van der Waals surface area contributed by atoms with Gasteiger partial charge in [0.15, 0.2) is 0 Å². The second kappa shape index (κ2) is 7.36. The van der Waals surface area contributed by atoms with Crippen LogP contribution in [0, 0.1) is 0 Å². The number of aromatic nitrogens is 2. The molecule has 24 heavy (non-hydrogen) atoms. The summed E-state index contributed by atoms with van der Waals surface area (Å²) in [4.78, 5) is 4.79. The van der Waals surface area contributed by atoms with Crippen molar-refractivity contribution in [3.8, 4) is 5.75 Å². The highest BCUT2D eigenvalue weighted by atomic mass is 16.5. The lowest BCUT2D eigenvalue weighted by Crippen LogP contribution is -2.13. The van der Waals surface area contributed by atoms with Gasteiger partial charge in [0.2, 0.25) is 0 Å². The highest BCUT2D eigenvalue weighted by Gasteiger charge is 2.15. The normalized spacial score (nSPS) is 12.3. The predicted octanol–water partition coefficient (Wildman–Crippen LogP) is 3.60. The Hall–Kier alpha value is -2.53. The molecule has 5 heteroatoms. The molecule has 1 heterocycles. The molecule has 5 nitrogen and oxygen atoms in total. The van der Waals surface area contributed by atoms with Crippen LogP contribution in [0.3, 0.4) is 0 Å². The van der Waals surface area contributed by atoms with E-state index in [1.165, 1.54) is 0 Å². The van der Waals surface area contributed by atoms with Crippen molar-refractivity contribution in [2.45, 2.75) is 26.4 Å². The van der Waals surface area contributed by atoms with Crippen molar-refractivity contribution in [2.24, 2.45) is 0 Å². The number of aryl methyl sites for hydroxylation is 1. The topological polar surface area (TPSA) is 59.3 Å². The lowest BCUT2D eigenvalue weighted by molar-refractivity contribution is 0.201. The summed E-state index contributed by atoms with van der Waals surface area (Å²) in [5.74, 6) is 1.78. The highest BCUT2D eigenvalue weighted by Crippen LogP contribution is 2.24. The maximum atomic E-state index is 8.79. The van der Waals surface area contributed by atoms with E-state index in [-0.39, 0.29) is 12.6 Å². The summed E-state index contributed by atoms with van der Waals surface area (Å²) in [5, 5.41) is 12.3. The molecule has 3 aromatic rings. The number of nitrogens with zero attached hydrogens (tertiary/aromatic N) is 2. The number of aliphatic hydroxyl groups excluding tert-OH is 1. The molecular formula is C19H23N3O2. The Bertz CT molecular complexity index is 796. The van der Waals surface area contributed by atoms with Crippen LogP contribution in [-0.4, -0.2) is 27.9 Å². The van der Waals surface area contributed by atoms with Gasteiger partial charge in [-0.2, -0.15) is 0 Å². The van der Waals surface area contributed by atoms with Crippen LogP contribution in [-0.2, 0) is 6.54 Å². The number of nitrogens with one attached hydrogen (secondary N) is 1. The van der Waals surface area contributed by atoms with E-state index >= 15 is 0 Å². The van der Waals surface area contributed by atoms with Crippen molar-refractivity contribution in [3.05, 3.63) is 54.4 Å². The van der Waals surface area contributed by atoms with E-state index in [2.05, 4.69) is 29.8 Å². The first kappa shape index (κ1) is 16.3. The molecule has 3 rings (SSSR count). The third-order valence-corrected chi connectivity index (χ3v) is 3.99. The van der Waals surface area contributed by atoms with Crippen LogP contribution in [0.4, 0.5) is 5.69 Å². The van der Waals surface area contributed by atoms with Crippen LogP contribution in [0.5, 0.6) is 5.75 Å². The Morgan fingerprint density at radius 3 is 2.62 bits per heavy atom. The number of imidazole rings is 1. The molecule has 0 amide bonds. The molecule has 0 bridgehead atoms. The van der Waals surface area contributed by atoms with Crippen LogP contribution in [0.1, 0.15) is 25.7 Å². The van der Waals surface area contributed by atoms with Crippen molar-refractivity contribution < 1.29 is 9.84 Å². The number of benzene rings is 2. The third kappa shape index (κ3) is 3.36. The second-order valence-electron chi connectivity index (χ2n) is 5.67. The summed E-state index contributed by atoms with van der Waals surface area (Å²) >= 11 is 0. The summed E-state index contributed by atoms with van der Waals surface area (Å²) in [6, 6.07) is 16.0. The molecule has 0 aliphatic heterocycles. The van der Waals surface area contributed by atoms with E-state index in [1.54, 1.807) is 0 Å². The van der Waals surface area contributed by atoms with Gasteiger partial charge in [-0.1, -0.05) is 12.1 Å². The van der Waals surface area contributed by atoms with E-state index in [4.69, 9.17) is 14.8 Å². The summed E-state index contributed by atoms with van der Waals surface area (Å²) in [6.45, 7) is 5.46. The van der Waals surface area contributed by atoms with Gasteiger partial charge in [-0.15, -0.1) is 0 Å². The minimum absolute atomic E-state index is 0.0181. The smallest absolute Gasteiger partial charge is 0.132 e. The van der Waals surface area contributed by atoms with Gasteiger partial charge in [-0.25, -0.2) is 4.98 Å². The molecule has 2 N–H and O–H groups in total. The van der Waals surface area contributed by atoms with Gasteiger partial charge in [-0.3, -0.25) is 0 Å². The monoisotopic (exact) mass is 325 g/mol. The number of para-hydroxylation sites is 2. The number of rotatable bonds is 7. The molecule has 0 saturated carbocycles. The van der Waals surface area contributed by atoms with Crippen molar-refractivity contribution in [2.75, 3.05) is 18.5 Å². The lowest BCUT2D eigenvalue weighted by atomic mass is 10.2. The Morgan fingerprint density at radius 1 is 1.17 bits per heavy atom. The van der Waals surface area contributed by atoms with Crippen molar-refractivity contribution in [1.29, 1.82) is 0 Å². The van der Waals surface area contributed by atoms with Crippen LogP contribution in [0.2, 0.25) is 0 Å². The number of hydrogen-bond donors (Lipinski definition) is 2. The molecule has 0 spiro atoms. The summed E-state index contributed by atoms with van der Waals surface area (Å²) in [7, 11) is 0. The van der Waals surface area contributed by atoms with Crippen LogP contribution < -0.4 is 10.1 Å². The lowest BCUT2D eigenvalue weighted by Gasteiger charge is -2.17. The zero-order valence-electron chi connectivity index (χ0n) is 14.1. The maximum absolute atomic E-state index is 8.79. The standard InChI is InChI=1S/C19H23N3O2/c1-3-22-18-7-5-4-6-17(18)21-19(22)14(2)20-15-8-10-16(11-9-15)24-13-12-23/h4-11,14,20,23H,3,12-13H2,1-2H3. The minimum atomic E-state index is 0.0181. The van der Waals surface area contributed by atoms with E-state index in [9.17, 15) is 0 Å². The van der Waals surface area contributed by atoms with E-state index in [0.29, 0.717) is 6.61 Å². The average Bonchev–Trinajstić information content (AvgIpc) is 3.00. The molecule has 1 unspecified atom stereocenters. The van der Waals surface area contributed by atoms with Gasteiger partial charge in [0, 0.05) is 12.2 Å². The molecule has 126 valence electrons. The summed E-state index contributed by atoms with van der Waals surface area (Å²) in [6.07, 6.45) is 0. The Balaban J connectivity index is 1.78. The van der Waals surface area contributed by atoms with Crippen molar-refractivity contribution in [1.82, 2.24) is 9.55 Å². The fourth-order valence-electron chi connectivity index (χ4n) is 2.88. The number of hydrogen-bond acceptors (Lipinski definition) is 4. The zero-order valence-corrected chi connectivity index (χ0v) is 14.1. The molecule has 0 aliphatic carbocycles. The summed E-state index contributed by atoms with van der Waals surface area (Å²) in [5.41, 5.74) is 3.20. The minimum Gasteiger partial charge on any atom is -0.491 e. The fraction of sp³-hybridized carbons (Fsp3) is 0.316. The number of aliphatic hydroxyl groups is 1. The van der Waals surface area contributed by atoms with E-state index < -0.39 is 0 Å². The first-order valence-electron chi connectivity index (χ1n) is 8.28. The fourth-order valence-corrected chi connectivity index (χ4v) is 2.88. The van der Waals surface area contributed by atoms with Gasteiger partial charge in [0.1, 0.15) is 18.2 Å². The molecule has 0 radical (unpaired) electrons. The zero-order chi connectivity index (χ0) is 16.9. The third-order valence-electron chi connectivity index (χ3n) is 3.99. The maximum Gasteiger partial charge on any atom is 0.132 e. The molecule has 2 aromatic carbocycles. The molecule has 0 saturated heterocycles. The van der Waals surface area contributed by atoms with Gasteiger partial charge in [-0.05, 0) is 50.2 Å². The first-order chi connectivity index (χ1) is 11.7. The van der Waals surface area contributed by atoms with E-state index in [1.807, 2.05) is 42.5 Å². The second-order valence-corrected chi connectivity index (χ2v) is 5.67. The SMILES string of the molecule is CCn1c(C(C)Nc2ccc(OCCO)cc2)nc2ccccc21. The van der Waals surface area contributed by atoms with Crippen LogP contribution in [0.25, 0.3) is 11.0 Å².